The Kier molecular flexibility index (Phi) is 9.38. The highest BCUT2D eigenvalue weighted by Gasteiger charge is 2.35. The van der Waals surface area contributed by atoms with Crippen LogP contribution in [0.5, 0.6) is 17.2 Å². The number of carbonyl (C=O) groups is 3. The SMILES string of the molecule is CCOc1cc(/C=C2\SC(=O)N(CCOc3ccccc3Cl)C2=O)cc(Br)c1OC(=O)c1cccc(Cl)c1. The van der Waals surface area contributed by atoms with Crippen molar-refractivity contribution in [3.8, 4) is 17.2 Å². The molecule has 0 saturated carbocycles. The van der Waals surface area contributed by atoms with Crippen molar-refractivity contribution in [3.05, 3.63) is 91.2 Å². The summed E-state index contributed by atoms with van der Waals surface area (Å²) in [6, 6.07) is 16.6. The second-order valence-corrected chi connectivity index (χ2v) is 10.5. The number of amides is 2. The average Bonchev–Trinajstić information content (AvgIpc) is 3.14. The van der Waals surface area contributed by atoms with E-state index in [1.54, 1.807) is 67.6 Å². The maximum atomic E-state index is 12.9. The van der Waals surface area contributed by atoms with E-state index < -0.39 is 17.1 Å². The van der Waals surface area contributed by atoms with E-state index in [1.165, 1.54) is 6.07 Å². The van der Waals surface area contributed by atoms with Crippen LogP contribution in [0.1, 0.15) is 22.8 Å². The minimum atomic E-state index is -0.609. The predicted molar refractivity (Wildman–Crippen MR) is 151 cm³/mol. The number of thioether (sulfide) groups is 1. The van der Waals surface area contributed by atoms with Gasteiger partial charge in [-0.2, -0.15) is 0 Å². The summed E-state index contributed by atoms with van der Waals surface area (Å²) < 4.78 is 17.3. The van der Waals surface area contributed by atoms with Gasteiger partial charge in [-0.3, -0.25) is 14.5 Å². The lowest BCUT2D eigenvalue weighted by Gasteiger charge is -2.14. The van der Waals surface area contributed by atoms with Gasteiger partial charge in [0.15, 0.2) is 11.5 Å². The Morgan fingerprint density at radius 1 is 1.03 bits per heavy atom. The van der Waals surface area contributed by atoms with Crippen LogP contribution in [0.15, 0.2) is 70.0 Å². The molecule has 0 aliphatic carbocycles. The van der Waals surface area contributed by atoms with E-state index in [1.807, 2.05) is 0 Å². The molecule has 0 aromatic heterocycles. The molecule has 1 fully saturated rings. The molecule has 38 heavy (non-hydrogen) atoms. The summed E-state index contributed by atoms with van der Waals surface area (Å²) in [5.41, 5.74) is 0.851. The van der Waals surface area contributed by atoms with E-state index in [2.05, 4.69) is 15.9 Å². The summed E-state index contributed by atoms with van der Waals surface area (Å²) in [5, 5.41) is 0.447. The van der Waals surface area contributed by atoms with Gasteiger partial charge in [0.1, 0.15) is 12.4 Å². The number of hydrogen-bond donors (Lipinski definition) is 0. The fourth-order valence-corrected chi connectivity index (χ4v) is 5.24. The zero-order valence-corrected chi connectivity index (χ0v) is 23.8. The zero-order chi connectivity index (χ0) is 27.2. The van der Waals surface area contributed by atoms with Crippen LogP contribution in [0.25, 0.3) is 6.08 Å². The van der Waals surface area contributed by atoms with Crippen molar-refractivity contribution in [1.29, 1.82) is 0 Å². The molecule has 0 unspecified atom stereocenters. The second-order valence-electron chi connectivity index (χ2n) is 7.78. The Labute approximate surface area is 241 Å². The van der Waals surface area contributed by atoms with E-state index in [0.717, 1.165) is 16.7 Å². The number of esters is 1. The molecule has 0 N–H and O–H groups in total. The molecule has 1 heterocycles. The number of benzene rings is 3. The van der Waals surface area contributed by atoms with Gasteiger partial charge in [0, 0.05) is 5.02 Å². The molecule has 1 aliphatic rings. The quantitative estimate of drug-likeness (QED) is 0.137. The first-order valence-electron chi connectivity index (χ1n) is 11.3. The molecule has 4 rings (SSSR count). The number of ether oxygens (including phenoxy) is 3. The molecule has 2 amide bonds. The molecule has 1 aliphatic heterocycles. The van der Waals surface area contributed by atoms with Crippen molar-refractivity contribution in [3.63, 3.8) is 0 Å². The molecule has 196 valence electrons. The number of rotatable bonds is 9. The van der Waals surface area contributed by atoms with Crippen LogP contribution in [-0.2, 0) is 4.79 Å². The zero-order valence-electron chi connectivity index (χ0n) is 19.9. The first-order chi connectivity index (χ1) is 18.3. The van der Waals surface area contributed by atoms with Crippen LogP contribution in [0, 0.1) is 0 Å². The Hall–Kier alpha value is -2.98. The molecule has 3 aromatic rings. The maximum Gasteiger partial charge on any atom is 0.343 e. The molecule has 1 saturated heterocycles. The molecule has 11 heteroatoms. The van der Waals surface area contributed by atoms with Gasteiger partial charge >= 0.3 is 5.97 Å². The van der Waals surface area contributed by atoms with Crippen molar-refractivity contribution < 1.29 is 28.6 Å². The minimum Gasteiger partial charge on any atom is -0.490 e. The molecule has 0 atom stereocenters. The number of para-hydroxylation sites is 1. The van der Waals surface area contributed by atoms with Gasteiger partial charge in [0.05, 0.1) is 33.1 Å². The molecule has 7 nitrogen and oxygen atoms in total. The highest BCUT2D eigenvalue weighted by atomic mass is 79.9. The van der Waals surface area contributed by atoms with Gasteiger partial charge in [0.25, 0.3) is 11.1 Å². The number of imide groups is 1. The molecule has 0 radical (unpaired) electrons. The van der Waals surface area contributed by atoms with Crippen LogP contribution < -0.4 is 14.2 Å². The van der Waals surface area contributed by atoms with E-state index in [0.29, 0.717) is 32.4 Å². The first-order valence-corrected chi connectivity index (χ1v) is 13.7. The normalized spacial score (nSPS) is 14.2. The van der Waals surface area contributed by atoms with Crippen LogP contribution in [0.2, 0.25) is 10.0 Å². The maximum absolute atomic E-state index is 12.9. The van der Waals surface area contributed by atoms with Crippen LogP contribution in [-0.4, -0.2) is 41.8 Å². The molecule has 3 aromatic carbocycles. The fraction of sp³-hybridized carbons (Fsp3) is 0.148. The molecule has 0 spiro atoms. The molecule has 0 bridgehead atoms. The van der Waals surface area contributed by atoms with Crippen molar-refractivity contribution in [2.45, 2.75) is 6.92 Å². The Morgan fingerprint density at radius 3 is 2.55 bits per heavy atom. The smallest absolute Gasteiger partial charge is 0.343 e. The monoisotopic (exact) mass is 635 g/mol. The van der Waals surface area contributed by atoms with Crippen molar-refractivity contribution in [1.82, 2.24) is 4.90 Å². The van der Waals surface area contributed by atoms with Gasteiger partial charge in [-0.1, -0.05) is 41.4 Å². The van der Waals surface area contributed by atoms with Crippen molar-refractivity contribution in [2.75, 3.05) is 19.8 Å². The van der Waals surface area contributed by atoms with E-state index in [9.17, 15) is 14.4 Å². The second kappa shape index (κ2) is 12.7. The van der Waals surface area contributed by atoms with Gasteiger partial charge < -0.3 is 14.2 Å². The highest BCUT2D eigenvalue weighted by molar-refractivity contribution is 9.10. The predicted octanol–water partition coefficient (Wildman–Crippen LogP) is 7.49. The van der Waals surface area contributed by atoms with Crippen molar-refractivity contribution in [2.24, 2.45) is 0 Å². The number of nitrogens with zero attached hydrogens (tertiary/aromatic N) is 1. The van der Waals surface area contributed by atoms with Gasteiger partial charge in [-0.25, -0.2) is 4.79 Å². The lowest BCUT2D eigenvalue weighted by Crippen LogP contribution is -2.32. The van der Waals surface area contributed by atoms with Gasteiger partial charge in [-0.15, -0.1) is 0 Å². The largest absolute Gasteiger partial charge is 0.490 e. The summed E-state index contributed by atoms with van der Waals surface area (Å²) in [7, 11) is 0. The van der Waals surface area contributed by atoms with Gasteiger partial charge in [-0.05, 0) is 88.7 Å². The number of halogens is 3. The summed E-state index contributed by atoms with van der Waals surface area (Å²) in [5.74, 6) is -0.105. The van der Waals surface area contributed by atoms with Crippen LogP contribution in [0.4, 0.5) is 4.79 Å². The third-order valence-corrected chi connectivity index (χ3v) is 7.21. The van der Waals surface area contributed by atoms with E-state index in [4.69, 9.17) is 37.4 Å². The Morgan fingerprint density at radius 2 is 1.82 bits per heavy atom. The number of hydrogen-bond acceptors (Lipinski definition) is 7. The summed E-state index contributed by atoms with van der Waals surface area (Å²) in [6.45, 7) is 2.26. The lowest BCUT2D eigenvalue weighted by atomic mass is 10.1. The van der Waals surface area contributed by atoms with Crippen molar-refractivity contribution >= 4 is 74.1 Å². The lowest BCUT2D eigenvalue weighted by molar-refractivity contribution is -0.123. The summed E-state index contributed by atoms with van der Waals surface area (Å²) >= 11 is 16.3. The van der Waals surface area contributed by atoms with E-state index >= 15 is 0 Å². The minimum absolute atomic E-state index is 0.0690. The number of carbonyl (C=O) groups excluding carboxylic acids is 3. The van der Waals surface area contributed by atoms with Crippen LogP contribution >= 0.6 is 50.9 Å². The van der Waals surface area contributed by atoms with E-state index in [-0.39, 0.29) is 35.1 Å². The third-order valence-electron chi connectivity index (χ3n) is 5.17. The first kappa shape index (κ1) is 28.0. The topological polar surface area (TPSA) is 82.1 Å². The Bertz CT molecular complexity index is 1430. The third kappa shape index (κ3) is 6.71. The highest BCUT2D eigenvalue weighted by Crippen LogP contribution is 2.40. The molecular weight excluding hydrogens is 617 g/mol. The average molecular weight is 637 g/mol. The standard InChI is InChI=1S/C27H20BrCl2NO6S/c1-2-35-22-13-16(12-19(28)24(22)37-26(33)17-6-5-7-18(29)15-17)14-23-25(32)31(27(34)38-23)10-11-36-21-9-4-3-8-20(21)30/h3-9,12-15H,2,10-11H2,1H3/b23-14-. The fourth-order valence-electron chi connectivity index (χ4n) is 3.45. The van der Waals surface area contributed by atoms with Crippen LogP contribution in [0.3, 0.4) is 0 Å². The molecular formula is C27H20BrCl2NO6S. The Balaban J connectivity index is 1.50. The summed E-state index contributed by atoms with van der Waals surface area (Å²) in [4.78, 5) is 39.5. The summed E-state index contributed by atoms with van der Waals surface area (Å²) in [6.07, 6.45) is 1.58. The van der Waals surface area contributed by atoms with Gasteiger partial charge in [0.2, 0.25) is 0 Å².